The van der Waals surface area contributed by atoms with Gasteiger partial charge in [0.15, 0.2) is 5.43 Å². The molecule has 0 unspecified atom stereocenters. The van der Waals surface area contributed by atoms with E-state index in [4.69, 9.17) is 0 Å². The van der Waals surface area contributed by atoms with E-state index in [2.05, 4.69) is 14.7 Å². The number of aromatic nitrogens is 2. The third kappa shape index (κ3) is 1.75. The lowest BCUT2D eigenvalue weighted by Gasteiger charge is -2.08. The van der Waals surface area contributed by atoms with Crippen LogP contribution >= 0.6 is 0 Å². The number of fused-ring (bicyclic) bond motifs is 3. The number of hydrogen-bond acceptors (Lipinski definition) is 4. The average Bonchev–Trinajstić information content (AvgIpc) is 2.45. The number of aromatic amines is 1. The normalized spacial score (nSPS) is 10.9. The highest BCUT2D eigenvalue weighted by Gasteiger charge is 2.13. The average molecular weight is 268 g/mol. The van der Waals surface area contributed by atoms with Gasteiger partial charge in [0, 0.05) is 17.6 Å². The van der Waals surface area contributed by atoms with Gasteiger partial charge in [-0.05, 0) is 24.6 Å². The summed E-state index contributed by atoms with van der Waals surface area (Å²) >= 11 is 0. The predicted molar refractivity (Wildman–Crippen MR) is 75.9 cm³/mol. The summed E-state index contributed by atoms with van der Waals surface area (Å²) in [7, 11) is 1.28. The molecule has 1 N–H and O–H groups in total. The number of methoxy groups -OCH3 is 1. The maximum atomic E-state index is 12.2. The number of aryl methyl sites for hydroxylation is 1. The second kappa shape index (κ2) is 4.45. The lowest BCUT2D eigenvalue weighted by Crippen LogP contribution is -2.12. The molecule has 0 aliphatic carbocycles. The second-order valence-corrected chi connectivity index (χ2v) is 4.56. The summed E-state index contributed by atoms with van der Waals surface area (Å²) in [4.78, 5) is 31.1. The van der Waals surface area contributed by atoms with Crippen LogP contribution in [-0.2, 0) is 4.74 Å². The minimum absolute atomic E-state index is 0.127. The summed E-state index contributed by atoms with van der Waals surface area (Å²) in [5.74, 6) is -0.574. The Hall–Kier alpha value is -2.69. The zero-order chi connectivity index (χ0) is 14.3. The molecule has 0 saturated carbocycles. The van der Waals surface area contributed by atoms with Crippen molar-refractivity contribution in [2.24, 2.45) is 0 Å². The van der Waals surface area contributed by atoms with Crippen LogP contribution in [0.4, 0.5) is 0 Å². The number of carbonyl (C=O) groups excluding carboxylic acids is 1. The predicted octanol–water partition coefficient (Wildman–Crippen LogP) is 2.17. The van der Waals surface area contributed by atoms with Crippen LogP contribution in [-0.4, -0.2) is 23.0 Å². The third-order valence-corrected chi connectivity index (χ3v) is 3.28. The number of nitrogens with one attached hydrogen (secondary N) is 1. The monoisotopic (exact) mass is 268 g/mol. The van der Waals surface area contributed by atoms with Crippen molar-refractivity contribution in [1.29, 1.82) is 0 Å². The Morgan fingerprint density at radius 3 is 2.90 bits per heavy atom. The van der Waals surface area contributed by atoms with Crippen LogP contribution in [0.3, 0.4) is 0 Å². The van der Waals surface area contributed by atoms with Crippen LogP contribution in [0.2, 0.25) is 0 Å². The molecule has 0 radical (unpaired) electrons. The first-order chi connectivity index (χ1) is 9.61. The molecule has 0 bridgehead atoms. The van der Waals surface area contributed by atoms with Gasteiger partial charge in [0.1, 0.15) is 5.69 Å². The summed E-state index contributed by atoms with van der Waals surface area (Å²) in [6.07, 6.45) is 1.65. The van der Waals surface area contributed by atoms with E-state index in [0.717, 1.165) is 10.9 Å². The SMILES string of the molecule is COC(=O)c1cc(=O)c2c(C)cc3cccnc3c2[nH]1. The molecule has 0 saturated heterocycles. The topological polar surface area (TPSA) is 72.1 Å². The van der Waals surface area contributed by atoms with E-state index in [9.17, 15) is 9.59 Å². The van der Waals surface area contributed by atoms with Crippen molar-refractivity contribution in [1.82, 2.24) is 9.97 Å². The summed E-state index contributed by atoms with van der Waals surface area (Å²) in [5, 5.41) is 1.46. The minimum Gasteiger partial charge on any atom is -0.464 e. The fourth-order valence-corrected chi connectivity index (χ4v) is 2.40. The van der Waals surface area contributed by atoms with Crippen molar-refractivity contribution in [2.45, 2.75) is 6.92 Å². The Bertz CT molecular complexity index is 897. The van der Waals surface area contributed by atoms with Crippen molar-refractivity contribution in [3.05, 3.63) is 51.9 Å². The molecule has 5 nitrogen and oxygen atoms in total. The van der Waals surface area contributed by atoms with Crippen LogP contribution in [0.1, 0.15) is 16.1 Å². The van der Waals surface area contributed by atoms with E-state index in [1.165, 1.54) is 13.2 Å². The van der Waals surface area contributed by atoms with Crippen LogP contribution in [0, 0.1) is 6.92 Å². The molecule has 5 heteroatoms. The lowest BCUT2D eigenvalue weighted by molar-refractivity contribution is 0.0594. The summed E-state index contributed by atoms with van der Waals surface area (Å²) < 4.78 is 4.65. The highest BCUT2D eigenvalue weighted by Crippen LogP contribution is 2.23. The van der Waals surface area contributed by atoms with E-state index in [-0.39, 0.29) is 11.1 Å². The van der Waals surface area contributed by atoms with Gasteiger partial charge in [-0.3, -0.25) is 9.78 Å². The Labute approximate surface area is 114 Å². The number of ether oxygens (including phenoxy) is 1. The van der Waals surface area contributed by atoms with Crippen LogP contribution in [0.25, 0.3) is 21.8 Å². The molecular formula is C15H12N2O3. The Morgan fingerprint density at radius 2 is 2.15 bits per heavy atom. The number of esters is 1. The number of carbonyl (C=O) groups is 1. The van der Waals surface area contributed by atoms with Crippen LogP contribution < -0.4 is 5.43 Å². The molecule has 0 atom stereocenters. The molecule has 0 aliphatic rings. The summed E-state index contributed by atoms with van der Waals surface area (Å²) in [6.45, 7) is 1.86. The molecule has 3 rings (SSSR count). The van der Waals surface area contributed by atoms with Gasteiger partial charge in [-0.15, -0.1) is 0 Å². The van der Waals surface area contributed by atoms with Crippen molar-refractivity contribution in [2.75, 3.05) is 7.11 Å². The molecular weight excluding hydrogens is 256 g/mol. The molecule has 0 fully saturated rings. The smallest absolute Gasteiger partial charge is 0.354 e. The van der Waals surface area contributed by atoms with E-state index in [0.29, 0.717) is 16.4 Å². The number of nitrogens with zero attached hydrogens (tertiary/aromatic N) is 1. The largest absolute Gasteiger partial charge is 0.464 e. The molecule has 100 valence electrons. The molecule has 0 spiro atoms. The Morgan fingerprint density at radius 1 is 1.35 bits per heavy atom. The molecule has 20 heavy (non-hydrogen) atoms. The fraction of sp³-hybridized carbons (Fsp3) is 0.133. The second-order valence-electron chi connectivity index (χ2n) is 4.56. The molecule has 1 aromatic carbocycles. The van der Waals surface area contributed by atoms with E-state index < -0.39 is 5.97 Å². The van der Waals surface area contributed by atoms with Crippen molar-refractivity contribution in [3.8, 4) is 0 Å². The highest BCUT2D eigenvalue weighted by molar-refractivity contribution is 6.05. The van der Waals surface area contributed by atoms with E-state index in [1.54, 1.807) is 6.20 Å². The Balaban J connectivity index is 2.52. The van der Waals surface area contributed by atoms with Gasteiger partial charge in [0.05, 0.1) is 23.5 Å². The molecule has 3 aromatic rings. The first-order valence-electron chi connectivity index (χ1n) is 6.11. The van der Waals surface area contributed by atoms with Gasteiger partial charge < -0.3 is 9.72 Å². The van der Waals surface area contributed by atoms with Gasteiger partial charge in [-0.25, -0.2) is 4.79 Å². The number of rotatable bonds is 1. The van der Waals surface area contributed by atoms with Gasteiger partial charge in [-0.1, -0.05) is 6.07 Å². The molecule has 2 heterocycles. The van der Waals surface area contributed by atoms with Gasteiger partial charge in [0.2, 0.25) is 0 Å². The van der Waals surface area contributed by atoms with E-state index in [1.807, 2.05) is 25.1 Å². The first-order valence-corrected chi connectivity index (χ1v) is 6.11. The Kier molecular flexibility index (Phi) is 2.75. The van der Waals surface area contributed by atoms with Crippen molar-refractivity contribution >= 4 is 27.8 Å². The fourth-order valence-electron chi connectivity index (χ4n) is 2.40. The zero-order valence-electron chi connectivity index (χ0n) is 11.1. The standard InChI is InChI=1S/C15H12N2O3/c1-8-6-9-4-3-5-16-13(9)14-12(8)11(18)7-10(17-14)15(19)20-2/h3-7H,1-2H3,(H,17,18). The first kappa shape index (κ1) is 12.3. The van der Waals surface area contributed by atoms with E-state index >= 15 is 0 Å². The number of benzene rings is 1. The highest BCUT2D eigenvalue weighted by atomic mass is 16.5. The van der Waals surface area contributed by atoms with Crippen LogP contribution in [0.15, 0.2) is 35.3 Å². The molecule has 0 aliphatic heterocycles. The maximum Gasteiger partial charge on any atom is 0.354 e. The van der Waals surface area contributed by atoms with Gasteiger partial charge in [-0.2, -0.15) is 0 Å². The quantitative estimate of drug-likeness (QED) is 0.542. The van der Waals surface area contributed by atoms with Gasteiger partial charge >= 0.3 is 5.97 Å². The van der Waals surface area contributed by atoms with Crippen molar-refractivity contribution < 1.29 is 9.53 Å². The van der Waals surface area contributed by atoms with Crippen LogP contribution in [0.5, 0.6) is 0 Å². The summed E-state index contributed by atoms with van der Waals surface area (Å²) in [6, 6.07) is 6.92. The lowest BCUT2D eigenvalue weighted by atomic mass is 10.0. The summed E-state index contributed by atoms with van der Waals surface area (Å²) in [5.41, 5.74) is 1.98. The number of pyridine rings is 2. The molecule has 2 aromatic heterocycles. The van der Waals surface area contributed by atoms with Crippen molar-refractivity contribution in [3.63, 3.8) is 0 Å². The zero-order valence-corrected chi connectivity index (χ0v) is 11.1. The molecule has 0 amide bonds. The number of H-pyrrole nitrogens is 1. The maximum absolute atomic E-state index is 12.2. The number of hydrogen-bond donors (Lipinski definition) is 1. The third-order valence-electron chi connectivity index (χ3n) is 3.28. The minimum atomic E-state index is -0.574. The van der Waals surface area contributed by atoms with Gasteiger partial charge in [0.25, 0.3) is 0 Å².